The molecule has 1 unspecified atom stereocenters. The maximum absolute atomic E-state index is 5.55. The first-order valence-corrected chi connectivity index (χ1v) is 6.49. The summed E-state index contributed by atoms with van der Waals surface area (Å²) >= 11 is 1.38. The highest BCUT2D eigenvalue weighted by Crippen LogP contribution is 2.31. The molecular formula is C12H14N4S. The molecule has 0 bridgehead atoms. The van der Waals surface area contributed by atoms with E-state index in [9.17, 15) is 0 Å². The molecule has 0 amide bonds. The Hall–Kier alpha value is -1.62. The predicted molar refractivity (Wildman–Crippen MR) is 70.3 cm³/mol. The Morgan fingerprint density at radius 3 is 2.82 bits per heavy atom. The number of hydrogen-bond acceptors (Lipinski definition) is 5. The van der Waals surface area contributed by atoms with Gasteiger partial charge in [0.2, 0.25) is 11.1 Å². The van der Waals surface area contributed by atoms with Crippen molar-refractivity contribution in [3.05, 3.63) is 35.9 Å². The third-order valence-corrected chi connectivity index (χ3v) is 3.95. The Labute approximate surface area is 104 Å². The lowest BCUT2D eigenvalue weighted by Crippen LogP contribution is -2.18. The Bertz CT molecular complexity index is 496. The van der Waals surface area contributed by atoms with Crippen LogP contribution in [-0.4, -0.2) is 22.4 Å². The van der Waals surface area contributed by atoms with Gasteiger partial charge in [-0.2, -0.15) is 9.36 Å². The summed E-state index contributed by atoms with van der Waals surface area (Å²) in [5.74, 6) is 0.981. The molecule has 1 atom stereocenters. The van der Waals surface area contributed by atoms with Gasteiger partial charge in [0.05, 0.1) is 0 Å². The van der Waals surface area contributed by atoms with Gasteiger partial charge in [0.1, 0.15) is 0 Å². The number of aromatic nitrogens is 2. The maximum Gasteiger partial charge on any atom is 0.233 e. The minimum absolute atomic E-state index is 0.383. The van der Waals surface area contributed by atoms with Crippen molar-refractivity contribution in [2.75, 3.05) is 23.7 Å². The minimum atomic E-state index is 0.383. The van der Waals surface area contributed by atoms with E-state index in [1.165, 1.54) is 23.5 Å². The van der Waals surface area contributed by atoms with E-state index in [-0.39, 0.29) is 0 Å². The molecule has 2 heterocycles. The Balaban J connectivity index is 1.74. The number of nitrogens with two attached hydrogens (primary N) is 1. The summed E-state index contributed by atoms with van der Waals surface area (Å²) in [5, 5.41) is 0.945. The van der Waals surface area contributed by atoms with E-state index in [1.54, 1.807) is 0 Å². The highest BCUT2D eigenvalue weighted by atomic mass is 32.1. The van der Waals surface area contributed by atoms with Crippen LogP contribution in [0.2, 0.25) is 0 Å². The van der Waals surface area contributed by atoms with Crippen molar-refractivity contribution in [3.63, 3.8) is 0 Å². The molecule has 0 spiro atoms. The van der Waals surface area contributed by atoms with Crippen molar-refractivity contribution in [3.8, 4) is 0 Å². The molecule has 3 rings (SSSR count). The zero-order valence-corrected chi connectivity index (χ0v) is 10.2. The van der Waals surface area contributed by atoms with Crippen LogP contribution in [0, 0.1) is 0 Å². The number of nitrogens with zero attached hydrogens (tertiary/aromatic N) is 3. The van der Waals surface area contributed by atoms with E-state index in [0.717, 1.165) is 18.2 Å². The summed E-state index contributed by atoms with van der Waals surface area (Å²) in [6.45, 7) is 2.05. The normalized spacial score (nSPS) is 19.8. The molecule has 1 aliphatic heterocycles. The summed E-state index contributed by atoms with van der Waals surface area (Å²) in [6, 6.07) is 10.6. The number of nitrogen functional groups attached to an aromatic ring is 1. The van der Waals surface area contributed by atoms with Crippen molar-refractivity contribution in [1.82, 2.24) is 9.36 Å². The summed E-state index contributed by atoms with van der Waals surface area (Å²) < 4.78 is 4.03. The van der Waals surface area contributed by atoms with Crippen molar-refractivity contribution < 1.29 is 0 Å². The van der Waals surface area contributed by atoms with Crippen molar-refractivity contribution >= 4 is 22.6 Å². The molecule has 2 N–H and O–H groups in total. The third-order valence-electron chi connectivity index (χ3n) is 3.16. The number of anilines is 2. The van der Waals surface area contributed by atoms with Crippen molar-refractivity contribution in [1.29, 1.82) is 0 Å². The lowest BCUT2D eigenvalue weighted by molar-refractivity contribution is 0.775. The number of rotatable bonds is 2. The second-order valence-electron chi connectivity index (χ2n) is 4.28. The Morgan fingerprint density at radius 2 is 2.12 bits per heavy atom. The third kappa shape index (κ3) is 2.10. The van der Waals surface area contributed by atoms with Gasteiger partial charge in [-0.15, -0.1) is 0 Å². The van der Waals surface area contributed by atoms with Gasteiger partial charge in [-0.3, -0.25) is 0 Å². The number of hydrogen-bond donors (Lipinski definition) is 1. The van der Waals surface area contributed by atoms with Gasteiger partial charge in [-0.05, 0) is 12.0 Å². The smallest absolute Gasteiger partial charge is 0.233 e. The van der Waals surface area contributed by atoms with Crippen LogP contribution in [0.4, 0.5) is 11.1 Å². The summed E-state index contributed by atoms with van der Waals surface area (Å²) in [6.07, 6.45) is 1.17. The lowest BCUT2D eigenvalue weighted by atomic mass is 9.99. The first kappa shape index (κ1) is 10.5. The largest absolute Gasteiger partial charge is 0.367 e. The van der Waals surface area contributed by atoms with Crippen LogP contribution in [0.5, 0.6) is 0 Å². The fourth-order valence-electron chi connectivity index (χ4n) is 2.29. The summed E-state index contributed by atoms with van der Waals surface area (Å²) in [5.41, 5.74) is 6.96. The average Bonchev–Trinajstić information content (AvgIpc) is 2.98. The van der Waals surface area contributed by atoms with Crippen LogP contribution in [0.25, 0.3) is 0 Å². The molecule has 0 aliphatic carbocycles. The molecule has 1 aliphatic rings. The van der Waals surface area contributed by atoms with Crippen molar-refractivity contribution in [2.45, 2.75) is 12.3 Å². The predicted octanol–water partition coefficient (Wildman–Crippen LogP) is 2.11. The van der Waals surface area contributed by atoms with Crippen LogP contribution in [0.15, 0.2) is 30.3 Å². The minimum Gasteiger partial charge on any atom is -0.367 e. The van der Waals surface area contributed by atoms with Gasteiger partial charge in [0.15, 0.2) is 0 Å². The number of benzene rings is 1. The van der Waals surface area contributed by atoms with Crippen LogP contribution in [0.3, 0.4) is 0 Å². The van der Waals surface area contributed by atoms with Crippen LogP contribution in [0.1, 0.15) is 17.9 Å². The molecule has 0 radical (unpaired) electrons. The van der Waals surface area contributed by atoms with E-state index in [4.69, 9.17) is 5.73 Å². The lowest BCUT2D eigenvalue weighted by Gasteiger charge is -2.14. The van der Waals surface area contributed by atoms with Crippen LogP contribution >= 0.6 is 11.5 Å². The van der Waals surface area contributed by atoms with Crippen LogP contribution in [-0.2, 0) is 0 Å². The van der Waals surface area contributed by atoms with Gasteiger partial charge in [0, 0.05) is 30.5 Å². The van der Waals surface area contributed by atoms with E-state index in [2.05, 4.69) is 44.6 Å². The molecule has 1 fully saturated rings. The quantitative estimate of drug-likeness (QED) is 0.881. The summed E-state index contributed by atoms with van der Waals surface area (Å²) in [7, 11) is 0. The van der Waals surface area contributed by atoms with Crippen LogP contribution < -0.4 is 10.6 Å². The molecule has 1 aromatic carbocycles. The highest BCUT2D eigenvalue weighted by molar-refractivity contribution is 7.09. The Kier molecular flexibility index (Phi) is 2.68. The van der Waals surface area contributed by atoms with E-state index < -0.39 is 0 Å². The first-order valence-electron chi connectivity index (χ1n) is 5.72. The first-order chi connectivity index (χ1) is 8.33. The van der Waals surface area contributed by atoms with Gasteiger partial charge >= 0.3 is 0 Å². The SMILES string of the molecule is Nc1nsc(N2CCC(c3ccccc3)C2)n1. The van der Waals surface area contributed by atoms with E-state index in [0.29, 0.717) is 11.9 Å². The molecule has 5 heteroatoms. The zero-order valence-electron chi connectivity index (χ0n) is 9.41. The standard InChI is InChI=1S/C12H14N4S/c13-11-14-12(17-15-11)16-7-6-10(8-16)9-4-2-1-3-5-9/h1-5,10H,6-8H2,(H2,13,15). The second kappa shape index (κ2) is 4.33. The van der Waals surface area contributed by atoms with Gasteiger partial charge in [-0.25, -0.2) is 0 Å². The fraction of sp³-hybridized carbons (Fsp3) is 0.333. The molecular weight excluding hydrogens is 232 g/mol. The monoisotopic (exact) mass is 246 g/mol. The highest BCUT2D eigenvalue weighted by Gasteiger charge is 2.25. The molecule has 4 nitrogen and oxygen atoms in total. The molecule has 88 valence electrons. The van der Waals surface area contributed by atoms with E-state index >= 15 is 0 Å². The molecule has 1 saturated heterocycles. The Morgan fingerprint density at radius 1 is 1.29 bits per heavy atom. The van der Waals surface area contributed by atoms with Gasteiger partial charge in [-0.1, -0.05) is 30.3 Å². The summed E-state index contributed by atoms with van der Waals surface area (Å²) in [4.78, 5) is 6.50. The van der Waals surface area contributed by atoms with Gasteiger partial charge in [0.25, 0.3) is 0 Å². The maximum atomic E-state index is 5.55. The molecule has 2 aromatic rings. The molecule has 17 heavy (non-hydrogen) atoms. The fourth-order valence-corrected chi connectivity index (χ4v) is 2.92. The topological polar surface area (TPSA) is 55.0 Å². The average molecular weight is 246 g/mol. The molecule has 0 saturated carbocycles. The van der Waals surface area contributed by atoms with E-state index in [1.807, 2.05) is 0 Å². The zero-order chi connectivity index (χ0) is 11.7. The van der Waals surface area contributed by atoms with Gasteiger partial charge < -0.3 is 10.6 Å². The second-order valence-corrected chi connectivity index (χ2v) is 5.01. The molecule has 1 aromatic heterocycles. The van der Waals surface area contributed by atoms with Crippen molar-refractivity contribution in [2.24, 2.45) is 0 Å².